The molecule has 0 unspecified atom stereocenters. The first-order chi connectivity index (χ1) is 12.3. The quantitative estimate of drug-likeness (QED) is 0.665. The second kappa shape index (κ2) is 10.4. The highest BCUT2D eigenvalue weighted by Crippen LogP contribution is 2.18. The summed E-state index contributed by atoms with van der Waals surface area (Å²) in [7, 11) is 2.57. The van der Waals surface area contributed by atoms with Crippen LogP contribution in [0.2, 0.25) is 0 Å². The number of amides is 1. The lowest BCUT2D eigenvalue weighted by Crippen LogP contribution is -2.47. The molecule has 0 aromatic heterocycles. The molecule has 2 atom stereocenters. The molecule has 8 heteroatoms. The SMILES string of the molecule is CC[C@H](C)[C@@H](NC(=O)COC(=O)Cc1ccc(OC)c(F)c1)C(=O)OC. The standard InChI is InChI=1S/C18H24FNO6/c1-5-11(2)17(18(23)25-4)20-15(21)10-26-16(22)9-12-6-7-14(24-3)13(19)8-12/h6-8,11,17H,5,9-10H2,1-4H3,(H,20,21)/t11-,17+/m0/s1. The number of rotatable bonds is 9. The number of halogens is 1. The Morgan fingerprint density at radius 1 is 1.23 bits per heavy atom. The van der Waals surface area contributed by atoms with Crippen molar-refractivity contribution in [1.29, 1.82) is 0 Å². The smallest absolute Gasteiger partial charge is 0.328 e. The molecule has 1 rings (SSSR count). The van der Waals surface area contributed by atoms with E-state index >= 15 is 0 Å². The van der Waals surface area contributed by atoms with Gasteiger partial charge in [0.15, 0.2) is 18.2 Å². The van der Waals surface area contributed by atoms with E-state index in [0.29, 0.717) is 12.0 Å². The molecular formula is C18H24FNO6. The van der Waals surface area contributed by atoms with E-state index in [2.05, 4.69) is 10.1 Å². The Bertz CT molecular complexity index is 649. The van der Waals surface area contributed by atoms with Crippen molar-refractivity contribution in [3.8, 4) is 5.75 Å². The van der Waals surface area contributed by atoms with Crippen LogP contribution >= 0.6 is 0 Å². The first kappa shape index (κ1) is 21.4. The maximum absolute atomic E-state index is 13.6. The predicted octanol–water partition coefficient (Wildman–Crippen LogP) is 1.62. The van der Waals surface area contributed by atoms with Gasteiger partial charge in [-0.05, 0) is 23.6 Å². The molecule has 0 bridgehead atoms. The molecule has 0 aliphatic carbocycles. The predicted molar refractivity (Wildman–Crippen MR) is 91.0 cm³/mol. The van der Waals surface area contributed by atoms with Crippen LogP contribution in [0, 0.1) is 11.7 Å². The molecule has 0 spiro atoms. The second-order valence-electron chi connectivity index (χ2n) is 5.76. The highest BCUT2D eigenvalue weighted by atomic mass is 19.1. The van der Waals surface area contributed by atoms with Crippen molar-refractivity contribution in [3.63, 3.8) is 0 Å². The maximum Gasteiger partial charge on any atom is 0.328 e. The van der Waals surface area contributed by atoms with Crippen LogP contribution in [0.4, 0.5) is 4.39 Å². The van der Waals surface area contributed by atoms with Gasteiger partial charge in [-0.3, -0.25) is 9.59 Å². The van der Waals surface area contributed by atoms with Gasteiger partial charge >= 0.3 is 11.9 Å². The molecule has 0 aliphatic rings. The lowest BCUT2D eigenvalue weighted by Gasteiger charge is -2.21. The summed E-state index contributed by atoms with van der Waals surface area (Å²) in [6, 6.07) is 3.28. The van der Waals surface area contributed by atoms with Crippen molar-refractivity contribution in [2.24, 2.45) is 5.92 Å². The minimum atomic E-state index is -0.813. The first-order valence-electron chi connectivity index (χ1n) is 8.17. The third-order valence-electron chi connectivity index (χ3n) is 3.91. The molecule has 1 amide bonds. The number of hydrogen-bond acceptors (Lipinski definition) is 6. The van der Waals surface area contributed by atoms with Crippen LogP contribution < -0.4 is 10.1 Å². The zero-order valence-electron chi connectivity index (χ0n) is 15.3. The molecule has 0 saturated carbocycles. The number of hydrogen-bond donors (Lipinski definition) is 1. The lowest BCUT2D eigenvalue weighted by atomic mass is 9.99. The molecular weight excluding hydrogens is 345 g/mol. The van der Waals surface area contributed by atoms with Crippen LogP contribution in [0.15, 0.2) is 18.2 Å². The fraction of sp³-hybridized carbons (Fsp3) is 0.500. The van der Waals surface area contributed by atoms with Gasteiger partial charge in [-0.15, -0.1) is 0 Å². The summed E-state index contributed by atoms with van der Waals surface area (Å²) in [6.45, 7) is 3.13. The number of ether oxygens (including phenoxy) is 3. The first-order valence-corrected chi connectivity index (χ1v) is 8.17. The van der Waals surface area contributed by atoms with Gasteiger partial charge in [0.05, 0.1) is 20.6 Å². The van der Waals surface area contributed by atoms with Gasteiger partial charge in [-0.25, -0.2) is 9.18 Å². The van der Waals surface area contributed by atoms with E-state index in [0.717, 1.165) is 6.07 Å². The average molecular weight is 369 g/mol. The van der Waals surface area contributed by atoms with Gasteiger partial charge in [-0.2, -0.15) is 0 Å². The Labute approximate surface area is 151 Å². The highest BCUT2D eigenvalue weighted by molar-refractivity contribution is 5.86. The van der Waals surface area contributed by atoms with Crippen molar-refractivity contribution in [2.45, 2.75) is 32.7 Å². The number of carbonyl (C=O) groups excluding carboxylic acids is 3. The minimum absolute atomic E-state index is 0.0698. The van der Waals surface area contributed by atoms with Crippen molar-refractivity contribution in [2.75, 3.05) is 20.8 Å². The molecule has 1 aromatic carbocycles. The van der Waals surface area contributed by atoms with Gasteiger partial charge in [0.2, 0.25) is 0 Å². The van der Waals surface area contributed by atoms with Crippen molar-refractivity contribution < 1.29 is 33.0 Å². The van der Waals surface area contributed by atoms with E-state index in [-0.39, 0.29) is 18.1 Å². The summed E-state index contributed by atoms with van der Waals surface area (Å²) in [5.74, 6) is -2.53. The second-order valence-corrected chi connectivity index (χ2v) is 5.76. The summed E-state index contributed by atoms with van der Waals surface area (Å²) < 4.78 is 27.9. The molecule has 0 heterocycles. The Balaban J connectivity index is 2.54. The fourth-order valence-corrected chi connectivity index (χ4v) is 2.19. The van der Waals surface area contributed by atoms with Gasteiger partial charge in [-0.1, -0.05) is 26.3 Å². The summed E-state index contributed by atoms with van der Waals surface area (Å²) >= 11 is 0. The lowest BCUT2D eigenvalue weighted by molar-refractivity contribution is -0.150. The van der Waals surface area contributed by atoms with Crippen LogP contribution in [0.25, 0.3) is 0 Å². The van der Waals surface area contributed by atoms with Crippen LogP contribution in [0.1, 0.15) is 25.8 Å². The zero-order valence-corrected chi connectivity index (χ0v) is 15.3. The van der Waals surface area contributed by atoms with E-state index in [1.54, 1.807) is 6.92 Å². The van der Waals surface area contributed by atoms with Crippen LogP contribution in [0.3, 0.4) is 0 Å². The molecule has 144 valence electrons. The maximum atomic E-state index is 13.6. The minimum Gasteiger partial charge on any atom is -0.494 e. The monoisotopic (exact) mass is 369 g/mol. The van der Waals surface area contributed by atoms with Crippen LogP contribution in [-0.2, 0) is 30.3 Å². The number of esters is 2. The van der Waals surface area contributed by atoms with E-state index in [1.165, 1.54) is 26.4 Å². The molecule has 1 aromatic rings. The van der Waals surface area contributed by atoms with Gasteiger partial charge in [0.1, 0.15) is 6.04 Å². The Hall–Kier alpha value is -2.64. The summed E-state index contributed by atoms with van der Waals surface area (Å²) in [4.78, 5) is 35.4. The van der Waals surface area contributed by atoms with Crippen molar-refractivity contribution in [1.82, 2.24) is 5.32 Å². The third kappa shape index (κ3) is 6.34. The van der Waals surface area contributed by atoms with E-state index in [4.69, 9.17) is 9.47 Å². The average Bonchev–Trinajstić information content (AvgIpc) is 2.63. The highest BCUT2D eigenvalue weighted by Gasteiger charge is 2.26. The van der Waals surface area contributed by atoms with Crippen LogP contribution in [0.5, 0.6) is 5.75 Å². The number of benzene rings is 1. The largest absolute Gasteiger partial charge is 0.494 e. The molecule has 7 nitrogen and oxygen atoms in total. The van der Waals surface area contributed by atoms with Crippen molar-refractivity contribution in [3.05, 3.63) is 29.6 Å². The van der Waals surface area contributed by atoms with Crippen molar-refractivity contribution >= 4 is 17.8 Å². The van der Waals surface area contributed by atoms with Gasteiger partial charge in [0, 0.05) is 0 Å². The molecule has 1 N–H and O–H groups in total. The Kier molecular flexibility index (Phi) is 8.54. The molecule has 26 heavy (non-hydrogen) atoms. The number of carbonyl (C=O) groups is 3. The molecule has 0 radical (unpaired) electrons. The van der Waals surface area contributed by atoms with E-state index in [1.807, 2.05) is 6.92 Å². The summed E-state index contributed by atoms with van der Waals surface area (Å²) in [5, 5.41) is 2.49. The normalized spacial score (nSPS) is 12.7. The summed E-state index contributed by atoms with van der Waals surface area (Å²) in [5.41, 5.74) is 0.390. The molecule has 0 aliphatic heterocycles. The van der Waals surface area contributed by atoms with Gasteiger partial charge < -0.3 is 19.5 Å². The topological polar surface area (TPSA) is 90.9 Å². The zero-order chi connectivity index (χ0) is 19.7. The van der Waals surface area contributed by atoms with E-state index in [9.17, 15) is 18.8 Å². The summed E-state index contributed by atoms with van der Waals surface area (Å²) in [6.07, 6.45) is 0.461. The molecule has 0 saturated heterocycles. The Morgan fingerprint density at radius 2 is 1.92 bits per heavy atom. The number of nitrogens with one attached hydrogen (secondary N) is 1. The number of methoxy groups -OCH3 is 2. The third-order valence-corrected chi connectivity index (χ3v) is 3.91. The molecule has 0 fully saturated rings. The van der Waals surface area contributed by atoms with Gasteiger partial charge in [0.25, 0.3) is 5.91 Å². The fourth-order valence-electron chi connectivity index (χ4n) is 2.19. The Morgan fingerprint density at radius 3 is 2.46 bits per heavy atom. The van der Waals surface area contributed by atoms with E-state index < -0.39 is 36.3 Å². The van der Waals surface area contributed by atoms with Crippen LogP contribution in [-0.4, -0.2) is 44.7 Å².